The van der Waals surface area contributed by atoms with Crippen molar-refractivity contribution >= 4 is 18.5 Å². The molecule has 7 rings (SSSR count). The molecule has 0 aliphatic carbocycles. The lowest BCUT2D eigenvalue weighted by atomic mass is 9.94. The second-order valence-electron chi connectivity index (χ2n) is 21.3. The van der Waals surface area contributed by atoms with Gasteiger partial charge in [0.2, 0.25) is 5.91 Å². The van der Waals surface area contributed by atoms with Crippen molar-refractivity contribution in [1.82, 2.24) is 5.32 Å². The molecule has 0 saturated carbocycles. The van der Waals surface area contributed by atoms with Gasteiger partial charge in [-0.3, -0.25) is 4.79 Å². The molecular weight excluding hydrogens is 1190 g/mol. The van der Waals surface area contributed by atoms with Crippen LogP contribution in [-0.4, -0.2) is 387 Å². The maximum Gasteiger partial charge on any atom is 0.217 e. The van der Waals surface area contributed by atoms with Gasteiger partial charge in [-0.2, -0.15) is 12.6 Å². The van der Waals surface area contributed by atoms with Crippen LogP contribution in [-0.2, 0) is 71.1 Å². The molecule has 0 aromatic heterocycles. The Morgan fingerprint density at radius 2 is 0.694 bits per heavy atom. The van der Waals surface area contributed by atoms with Crippen molar-refractivity contribution in [2.24, 2.45) is 0 Å². The van der Waals surface area contributed by atoms with E-state index in [4.69, 9.17) is 66.3 Å². The first-order valence-corrected chi connectivity index (χ1v) is 27.9. The lowest BCUT2D eigenvalue weighted by molar-refractivity contribution is -0.404. The van der Waals surface area contributed by atoms with Gasteiger partial charge < -0.3 is 179 Å². The molecule has 0 radical (unpaired) electrons. The number of amides is 1. The molecular formula is C47H81NO36S. The number of nitrogens with one attached hydrogen (secondary N) is 1. The van der Waals surface area contributed by atoms with Crippen LogP contribution in [0.15, 0.2) is 0 Å². The highest BCUT2D eigenvalue weighted by molar-refractivity contribution is 7.80. The van der Waals surface area contributed by atoms with Gasteiger partial charge in [0.05, 0.1) is 52.9 Å². The van der Waals surface area contributed by atoms with E-state index in [0.29, 0.717) is 0 Å². The molecule has 7 aliphatic heterocycles. The monoisotopic (exact) mass is 1270 g/mol. The van der Waals surface area contributed by atoms with E-state index in [2.05, 4.69) is 17.9 Å². The van der Waals surface area contributed by atoms with Gasteiger partial charge in [-0.25, -0.2) is 0 Å². The normalized spacial score (nSPS) is 50.0. The highest BCUT2D eigenvalue weighted by Gasteiger charge is 2.59. The van der Waals surface area contributed by atoms with Crippen molar-refractivity contribution in [2.45, 2.75) is 228 Å². The van der Waals surface area contributed by atoms with E-state index in [1.807, 2.05) is 0 Å². The Labute approximate surface area is 488 Å². The van der Waals surface area contributed by atoms with Gasteiger partial charge in [-0.15, -0.1) is 0 Å². The molecule has 0 aromatic rings. The Morgan fingerprint density at radius 1 is 0.353 bits per heavy atom. The summed E-state index contributed by atoms with van der Waals surface area (Å²) in [5, 5.41) is 229. The molecule has 0 aromatic carbocycles. The van der Waals surface area contributed by atoms with Crippen LogP contribution in [0, 0.1) is 0 Å². The Morgan fingerprint density at radius 3 is 1.16 bits per heavy atom. The highest BCUT2D eigenvalue weighted by Crippen LogP contribution is 2.38. The molecule has 7 heterocycles. The second-order valence-corrected chi connectivity index (χ2v) is 21.7. The van der Waals surface area contributed by atoms with E-state index in [-0.39, 0.29) is 18.8 Å². The van der Waals surface area contributed by atoms with E-state index >= 15 is 0 Å². The molecule has 85 heavy (non-hydrogen) atoms. The van der Waals surface area contributed by atoms with E-state index in [1.165, 1.54) is 0 Å². The van der Waals surface area contributed by atoms with E-state index in [9.17, 15) is 112 Å². The Kier molecular flexibility index (Phi) is 26.4. The Bertz CT molecular complexity index is 2010. The number of carbonyl (C=O) groups excluding carboxylic acids is 1. The number of rotatable bonds is 24. The predicted molar refractivity (Wildman–Crippen MR) is 266 cm³/mol. The van der Waals surface area contributed by atoms with Crippen LogP contribution < -0.4 is 5.32 Å². The number of aliphatic hydroxyl groups is 21. The highest BCUT2D eigenvalue weighted by atomic mass is 32.1. The van der Waals surface area contributed by atoms with E-state index in [1.54, 1.807) is 0 Å². The molecule has 7 fully saturated rings. The number of hydrogen-bond donors (Lipinski definition) is 23. The van der Waals surface area contributed by atoms with Crippen LogP contribution in [0.25, 0.3) is 0 Å². The summed E-state index contributed by atoms with van der Waals surface area (Å²) in [5.41, 5.74) is 0. The fourth-order valence-corrected chi connectivity index (χ4v) is 10.8. The zero-order chi connectivity index (χ0) is 62.5. The summed E-state index contributed by atoms with van der Waals surface area (Å²) in [6.07, 6.45) is -66.1. The summed E-state index contributed by atoms with van der Waals surface area (Å²) in [7, 11) is 0. The van der Waals surface area contributed by atoms with Gasteiger partial charge in [0, 0.05) is 6.92 Å². The Balaban J connectivity index is 1.19. The largest absolute Gasteiger partial charge is 0.394 e. The Hall–Kier alpha value is -1.58. The molecule has 0 bridgehead atoms. The molecule has 37 nitrogen and oxygen atoms in total. The van der Waals surface area contributed by atoms with E-state index < -0.39 is 267 Å². The zero-order valence-corrected chi connectivity index (χ0v) is 46.1. The lowest BCUT2D eigenvalue weighted by Gasteiger charge is -2.51. The van der Waals surface area contributed by atoms with Gasteiger partial charge >= 0.3 is 0 Å². The number of thiol groups is 1. The standard InChI is InChI=1S/C47H81NO36S/c1-12(55)48-20-25(60)36(80-46-34(69)30(65)37(18(10-54)78-46)81-44-32(67)27(62)22(57)14(6-50)74-44)17(9-53)77-41(20)84-40-29(64)24(59)16(8-52)76-47(40)82-38-19(11-72-42-31(66)26(61)21(56)13(5-49)73-42)79-43(71-3-2-4-85)35(70)39(38)83-45-33(68)28(63)23(58)15(7-51)75-45/h13-47,49-54,56-70,85H,2-11H2,1H3,(H,48,55)/t13?,14?,15?,16?,17?,18?,19?,20-,21+,22-,23+,24+,25?,26?,27?,28?,29?,30?,31-,32-,33-,34-,35-,36+,37-,38+,39?,40-,41+,42+,43-,44+,45-,46-,47-/m0/s1. The third-order valence-corrected chi connectivity index (χ3v) is 15.8. The average Bonchev–Trinajstić information content (AvgIpc) is 1.74. The smallest absolute Gasteiger partial charge is 0.217 e. The predicted octanol–water partition coefficient (Wildman–Crippen LogP) is -14.8. The second kappa shape index (κ2) is 31.6. The van der Waals surface area contributed by atoms with Crippen molar-refractivity contribution in [2.75, 3.05) is 58.6 Å². The van der Waals surface area contributed by atoms with Crippen LogP contribution in [0.1, 0.15) is 13.3 Å². The number of aliphatic hydroxyl groups excluding tert-OH is 21. The number of carbonyl (C=O) groups is 1. The van der Waals surface area contributed by atoms with E-state index in [0.717, 1.165) is 6.92 Å². The SMILES string of the molecule is CC(=O)N[C@H]1C(O)[C@H](O[C@@H]2OC(CO)[C@H](O[C@H]3OC(CO)[C@H](O)C(O)[C@@H]3O)C(O)[C@@H]2O)C(CO)O[C@@H]1O[C@H]1C(O)[C@H](O)C(CO)O[C@H]1O[C@@H]1C(CO[C@@H]2OC(CO)[C@@H](O)C(O)[C@@H]2O)O[C@H](OCCCS)[C@@H](O)C1O[C@@H]1OC(CO)[C@@H](O)C(O)[C@@H]1O. The van der Waals surface area contributed by atoms with Crippen LogP contribution >= 0.6 is 12.6 Å². The third kappa shape index (κ3) is 15.7. The zero-order valence-electron chi connectivity index (χ0n) is 45.2. The minimum Gasteiger partial charge on any atom is -0.394 e. The summed E-state index contributed by atoms with van der Waals surface area (Å²) in [6.45, 7) is -6.01. The maximum atomic E-state index is 12.9. The summed E-state index contributed by atoms with van der Waals surface area (Å²) in [4.78, 5) is 12.9. The molecule has 7 aliphatic rings. The molecule has 1 amide bonds. The first kappa shape index (κ1) is 70.9. The fraction of sp³-hybridized carbons (Fsp3) is 0.979. The van der Waals surface area contributed by atoms with Crippen molar-refractivity contribution in [1.29, 1.82) is 0 Å². The van der Waals surface area contributed by atoms with Gasteiger partial charge in [0.15, 0.2) is 44.0 Å². The average molecular weight is 1270 g/mol. The summed E-state index contributed by atoms with van der Waals surface area (Å²) >= 11 is 4.17. The van der Waals surface area contributed by atoms with Gasteiger partial charge in [-0.05, 0) is 12.2 Å². The molecule has 38 heteroatoms. The summed E-state index contributed by atoms with van der Waals surface area (Å²) in [6, 6.07) is -1.90. The topological polar surface area (TPSA) is 583 Å². The van der Waals surface area contributed by atoms with Gasteiger partial charge in [0.25, 0.3) is 0 Å². The first-order valence-electron chi connectivity index (χ1n) is 27.2. The molecule has 35 atom stereocenters. The molecule has 496 valence electrons. The molecule has 14 unspecified atom stereocenters. The lowest BCUT2D eigenvalue weighted by Crippen LogP contribution is -2.70. The maximum absolute atomic E-state index is 12.9. The fourth-order valence-electron chi connectivity index (χ4n) is 10.7. The quantitative estimate of drug-likeness (QED) is 0.0315. The van der Waals surface area contributed by atoms with Crippen molar-refractivity contribution < 1.29 is 178 Å². The minimum atomic E-state index is -2.27. The van der Waals surface area contributed by atoms with Crippen LogP contribution in [0.3, 0.4) is 0 Å². The van der Waals surface area contributed by atoms with Crippen LogP contribution in [0.5, 0.6) is 0 Å². The van der Waals surface area contributed by atoms with Crippen LogP contribution in [0.2, 0.25) is 0 Å². The molecule has 7 saturated heterocycles. The number of hydrogen-bond acceptors (Lipinski definition) is 37. The minimum absolute atomic E-state index is 0.166. The molecule has 22 N–H and O–H groups in total. The van der Waals surface area contributed by atoms with Gasteiger partial charge in [0.1, 0.15) is 171 Å². The van der Waals surface area contributed by atoms with Crippen molar-refractivity contribution in [3.05, 3.63) is 0 Å². The van der Waals surface area contributed by atoms with Gasteiger partial charge in [-0.1, -0.05) is 0 Å². The van der Waals surface area contributed by atoms with Crippen LogP contribution in [0.4, 0.5) is 0 Å². The molecule has 0 spiro atoms. The summed E-state index contributed by atoms with van der Waals surface area (Å²) < 4.78 is 82.1. The van der Waals surface area contributed by atoms with Crippen molar-refractivity contribution in [3.63, 3.8) is 0 Å². The van der Waals surface area contributed by atoms with Crippen molar-refractivity contribution in [3.8, 4) is 0 Å². The summed E-state index contributed by atoms with van der Waals surface area (Å²) in [5.74, 6) is -0.659. The number of ether oxygens (including phenoxy) is 14. The third-order valence-electron chi connectivity index (χ3n) is 15.5. The first-order chi connectivity index (χ1) is 40.4.